The zero-order valence-corrected chi connectivity index (χ0v) is 6.81. The molecule has 0 aromatic heterocycles. The summed E-state index contributed by atoms with van der Waals surface area (Å²) in [5.41, 5.74) is 2.63. The number of hydrazine groups is 1. The molecule has 73 valence electrons. The summed E-state index contributed by atoms with van der Waals surface area (Å²) >= 11 is 0. The van der Waals surface area contributed by atoms with Gasteiger partial charge < -0.3 is 0 Å². The molecular formula is C6H5N4O4. The molecule has 0 aliphatic carbocycles. The molecule has 0 amide bonds. The third-order valence-electron chi connectivity index (χ3n) is 1.30. The van der Waals surface area contributed by atoms with Crippen LogP contribution in [0.15, 0.2) is 30.3 Å². The van der Waals surface area contributed by atoms with Gasteiger partial charge in [0.2, 0.25) is 10.6 Å². The number of benzene rings is 1. The van der Waals surface area contributed by atoms with Crippen molar-refractivity contribution >= 4 is 5.69 Å². The molecule has 1 rings (SSSR count). The highest BCUT2D eigenvalue weighted by Crippen LogP contribution is 2.10. The highest BCUT2D eigenvalue weighted by molar-refractivity contribution is 5.41. The molecule has 0 spiro atoms. The van der Waals surface area contributed by atoms with Crippen molar-refractivity contribution in [2.24, 2.45) is 0 Å². The normalized spacial score (nSPS) is 9.14. The lowest BCUT2D eigenvalue weighted by Gasteiger charge is -2.04. The molecule has 0 fully saturated rings. The van der Waals surface area contributed by atoms with E-state index in [1.165, 1.54) is 24.3 Å². The first-order valence-corrected chi connectivity index (χ1v) is 3.46. The van der Waals surface area contributed by atoms with Gasteiger partial charge in [0.05, 0.1) is 5.12 Å². The second kappa shape index (κ2) is 4.03. The highest BCUT2D eigenvalue weighted by Gasteiger charge is 2.25. The maximum Gasteiger partial charge on any atom is 0.221 e. The standard InChI is InChI=1S/C6H5N4O4/c11-9(12)7-8(10(13)14)6-4-2-1-3-5-6/h1-5H. The minimum absolute atomic E-state index is 0.0224. The molecule has 8 nitrogen and oxygen atoms in total. The van der Waals surface area contributed by atoms with Gasteiger partial charge in [-0.1, -0.05) is 18.2 Å². The van der Waals surface area contributed by atoms with E-state index in [1.807, 2.05) is 0 Å². The van der Waals surface area contributed by atoms with Crippen LogP contribution in [0.5, 0.6) is 0 Å². The van der Waals surface area contributed by atoms with Crippen LogP contribution in [0.25, 0.3) is 0 Å². The van der Waals surface area contributed by atoms with Gasteiger partial charge in [-0.25, -0.2) is 20.2 Å². The average molecular weight is 197 g/mol. The van der Waals surface area contributed by atoms with E-state index >= 15 is 0 Å². The molecule has 0 aliphatic rings. The fraction of sp³-hybridized carbons (Fsp3) is 0. The quantitative estimate of drug-likeness (QED) is 0.513. The van der Waals surface area contributed by atoms with Crippen molar-refractivity contribution in [2.45, 2.75) is 0 Å². The molecule has 0 unspecified atom stereocenters. The van der Waals surface area contributed by atoms with Crippen molar-refractivity contribution in [3.63, 3.8) is 0 Å². The fourth-order valence-corrected chi connectivity index (χ4v) is 0.809. The summed E-state index contributed by atoms with van der Waals surface area (Å²) in [6.07, 6.45) is 0. The number of rotatable bonds is 4. The van der Waals surface area contributed by atoms with Gasteiger partial charge in [0.25, 0.3) is 0 Å². The number of para-hydroxylation sites is 1. The van der Waals surface area contributed by atoms with Crippen LogP contribution in [0.2, 0.25) is 0 Å². The summed E-state index contributed by atoms with van der Waals surface area (Å²) in [5.74, 6) is 0. The van der Waals surface area contributed by atoms with E-state index in [4.69, 9.17) is 0 Å². The van der Waals surface area contributed by atoms with Gasteiger partial charge in [0.15, 0.2) is 5.03 Å². The monoisotopic (exact) mass is 197 g/mol. The van der Waals surface area contributed by atoms with Gasteiger partial charge in [-0.15, -0.1) is 0 Å². The molecule has 0 aliphatic heterocycles. The smallest absolute Gasteiger partial charge is 0.221 e. The van der Waals surface area contributed by atoms with Crippen molar-refractivity contribution in [2.75, 3.05) is 5.12 Å². The molecule has 1 aromatic rings. The molecule has 1 radical (unpaired) electrons. The lowest BCUT2D eigenvalue weighted by atomic mass is 10.3. The number of anilines is 1. The van der Waals surface area contributed by atoms with E-state index in [2.05, 4.69) is 5.53 Å². The van der Waals surface area contributed by atoms with E-state index in [0.29, 0.717) is 0 Å². The number of hydrogen-bond acceptors (Lipinski definition) is 4. The Morgan fingerprint density at radius 1 is 1.14 bits per heavy atom. The van der Waals surface area contributed by atoms with Crippen molar-refractivity contribution in [3.05, 3.63) is 50.6 Å². The van der Waals surface area contributed by atoms with E-state index < -0.39 is 10.1 Å². The fourth-order valence-electron chi connectivity index (χ4n) is 0.809. The van der Waals surface area contributed by atoms with E-state index in [1.54, 1.807) is 6.07 Å². The van der Waals surface area contributed by atoms with E-state index in [0.717, 1.165) is 0 Å². The Morgan fingerprint density at radius 2 is 1.71 bits per heavy atom. The second-order valence-corrected chi connectivity index (χ2v) is 2.19. The van der Waals surface area contributed by atoms with Gasteiger partial charge >= 0.3 is 0 Å². The van der Waals surface area contributed by atoms with E-state index in [9.17, 15) is 20.2 Å². The summed E-state index contributed by atoms with van der Waals surface area (Å²) in [6.45, 7) is 0. The Hall–Kier alpha value is -2.38. The van der Waals surface area contributed by atoms with Gasteiger partial charge in [0, 0.05) is 0 Å². The van der Waals surface area contributed by atoms with E-state index in [-0.39, 0.29) is 10.8 Å². The molecule has 0 bridgehead atoms. The van der Waals surface area contributed by atoms with Gasteiger partial charge in [-0.2, -0.15) is 0 Å². The molecule has 0 saturated carbocycles. The third-order valence-corrected chi connectivity index (χ3v) is 1.30. The Kier molecular flexibility index (Phi) is 2.79. The van der Waals surface area contributed by atoms with Gasteiger partial charge in [0.1, 0.15) is 5.69 Å². The molecule has 14 heavy (non-hydrogen) atoms. The second-order valence-electron chi connectivity index (χ2n) is 2.19. The van der Waals surface area contributed by atoms with Crippen LogP contribution in [-0.4, -0.2) is 10.1 Å². The molecule has 0 atom stereocenters. The van der Waals surface area contributed by atoms with Crippen LogP contribution in [0, 0.1) is 20.2 Å². The highest BCUT2D eigenvalue weighted by atomic mass is 16.7. The lowest BCUT2D eigenvalue weighted by Crippen LogP contribution is -2.40. The lowest BCUT2D eigenvalue weighted by molar-refractivity contribution is -0.625. The van der Waals surface area contributed by atoms with Crippen molar-refractivity contribution < 1.29 is 10.1 Å². The van der Waals surface area contributed by atoms with Crippen LogP contribution < -0.4 is 10.7 Å². The van der Waals surface area contributed by atoms with Gasteiger partial charge in [-0.05, 0) is 12.1 Å². The maximum absolute atomic E-state index is 10.4. The summed E-state index contributed by atoms with van der Waals surface area (Å²) in [5, 5.41) is 18.3. The van der Waals surface area contributed by atoms with Crippen LogP contribution in [0.3, 0.4) is 0 Å². The molecule has 1 aromatic carbocycles. The summed E-state index contributed by atoms with van der Waals surface area (Å²) in [4.78, 5) is 20.3. The Labute approximate surface area is 78.0 Å². The SMILES string of the molecule is O=[N+]([O-])[N]N(c1ccccc1)[N+](=O)[O-]. The minimum Gasteiger partial charge on any atom is -0.233 e. The Bertz CT molecular complexity index is 341. The summed E-state index contributed by atoms with van der Waals surface area (Å²) in [7, 11) is 0. The number of hydrogen-bond donors (Lipinski definition) is 0. The molecule has 0 heterocycles. The first-order valence-electron chi connectivity index (χ1n) is 3.46. The predicted octanol–water partition coefficient (Wildman–Crippen LogP) is 0.396. The maximum atomic E-state index is 10.4. The minimum atomic E-state index is -1.13. The molecular weight excluding hydrogens is 192 g/mol. The topological polar surface area (TPSA) is 104 Å². The predicted molar refractivity (Wildman–Crippen MR) is 45.0 cm³/mol. The van der Waals surface area contributed by atoms with Gasteiger partial charge in [-0.3, -0.25) is 0 Å². The zero-order valence-electron chi connectivity index (χ0n) is 6.81. The van der Waals surface area contributed by atoms with Crippen molar-refractivity contribution in [1.29, 1.82) is 0 Å². The van der Waals surface area contributed by atoms with Crippen LogP contribution in [0.4, 0.5) is 5.69 Å². The third kappa shape index (κ3) is 2.30. The van der Waals surface area contributed by atoms with Crippen LogP contribution in [-0.2, 0) is 0 Å². The van der Waals surface area contributed by atoms with Crippen molar-refractivity contribution in [1.82, 2.24) is 5.53 Å². The Balaban J connectivity index is 2.89. The van der Waals surface area contributed by atoms with Crippen LogP contribution in [0.1, 0.15) is 0 Å². The molecule has 0 saturated heterocycles. The van der Waals surface area contributed by atoms with Crippen LogP contribution >= 0.6 is 0 Å². The first kappa shape index (κ1) is 9.71. The largest absolute Gasteiger partial charge is 0.233 e. The molecule has 0 N–H and O–H groups in total. The first-order chi connectivity index (χ1) is 6.61. The molecule has 8 heteroatoms. The number of nitro groups is 2. The average Bonchev–Trinajstić information content (AvgIpc) is 2.15. The van der Waals surface area contributed by atoms with Crippen molar-refractivity contribution in [3.8, 4) is 0 Å². The Morgan fingerprint density at radius 3 is 2.14 bits per heavy atom. The summed E-state index contributed by atoms with van der Waals surface area (Å²) < 4.78 is 0. The number of nitrogens with zero attached hydrogens (tertiary/aromatic N) is 4. The summed E-state index contributed by atoms with van der Waals surface area (Å²) in [6, 6.07) is 7.35. The zero-order chi connectivity index (χ0) is 10.6.